The lowest BCUT2D eigenvalue weighted by Gasteiger charge is -2.25. The summed E-state index contributed by atoms with van der Waals surface area (Å²) in [5, 5.41) is 12.5. The fraction of sp³-hybridized carbons (Fsp3) is 0.348. The number of rotatable bonds is 8. The van der Waals surface area contributed by atoms with E-state index in [-0.39, 0.29) is 31.4 Å². The molecule has 4 rings (SSSR count). The van der Waals surface area contributed by atoms with E-state index in [0.29, 0.717) is 33.5 Å². The van der Waals surface area contributed by atoms with Crippen molar-refractivity contribution in [3.63, 3.8) is 0 Å². The molecule has 1 saturated carbocycles. The second-order valence-electron chi connectivity index (χ2n) is 7.99. The van der Waals surface area contributed by atoms with Crippen molar-refractivity contribution in [3.8, 4) is 11.3 Å². The van der Waals surface area contributed by atoms with Gasteiger partial charge in [0.15, 0.2) is 0 Å². The number of halogens is 1. The number of benzene rings is 2. The molecule has 9 heteroatoms. The van der Waals surface area contributed by atoms with Gasteiger partial charge in [0.25, 0.3) is 5.91 Å². The molecule has 0 bridgehead atoms. The third kappa shape index (κ3) is 4.22. The minimum atomic E-state index is -3.61. The van der Waals surface area contributed by atoms with Crippen LogP contribution in [-0.2, 0) is 10.0 Å². The summed E-state index contributed by atoms with van der Waals surface area (Å²) in [5.74, 6) is -0.274. The van der Waals surface area contributed by atoms with E-state index in [4.69, 9.17) is 4.42 Å². The van der Waals surface area contributed by atoms with E-state index in [1.807, 2.05) is 6.07 Å². The Labute approximate surface area is 185 Å². The first-order valence-corrected chi connectivity index (χ1v) is 12.3. The molecule has 1 aliphatic rings. The van der Waals surface area contributed by atoms with Crippen molar-refractivity contribution < 1.29 is 27.1 Å². The molecule has 3 aromatic rings. The lowest BCUT2D eigenvalue weighted by atomic mass is 10.0. The van der Waals surface area contributed by atoms with Gasteiger partial charge in [0, 0.05) is 37.2 Å². The third-order valence-corrected chi connectivity index (χ3v) is 6.78. The van der Waals surface area contributed by atoms with Crippen LogP contribution in [0.2, 0.25) is 0 Å². The van der Waals surface area contributed by atoms with Crippen molar-refractivity contribution in [1.82, 2.24) is 5.32 Å². The van der Waals surface area contributed by atoms with Gasteiger partial charge in [0.1, 0.15) is 17.2 Å². The van der Waals surface area contributed by atoms with Gasteiger partial charge in [0.2, 0.25) is 10.0 Å². The van der Waals surface area contributed by atoms with E-state index in [2.05, 4.69) is 5.32 Å². The van der Waals surface area contributed by atoms with E-state index < -0.39 is 15.8 Å². The molecule has 170 valence electrons. The molecule has 1 heterocycles. The number of nitrogens with one attached hydrogen (secondary N) is 1. The summed E-state index contributed by atoms with van der Waals surface area (Å²) in [5.41, 5.74) is 2.55. The summed E-state index contributed by atoms with van der Waals surface area (Å²) >= 11 is 0. The average Bonchev–Trinajstić information content (AvgIpc) is 3.53. The Bertz CT molecular complexity index is 1260. The quantitative estimate of drug-likeness (QED) is 0.535. The topological polar surface area (TPSA) is 99.8 Å². The summed E-state index contributed by atoms with van der Waals surface area (Å²) in [6.07, 6.45) is 3.27. The molecule has 7 nitrogen and oxygen atoms in total. The second-order valence-corrected chi connectivity index (χ2v) is 9.89. The molecule has 2 aromatic carbocycles. The Morgan fingerprint density at radius 2 is 1.94 bits per heavy atom. The molecule has 1 amide bonds. The summed E-state index contributed by atoms with van der Waals surface area (Å²) in [7, 11) is -2.09. The lowest BCUT2D eigenvalue weighted by Crippen LogP contribution is -2.32. The molecule has 0 saturated heterocycles. The van der Waals surface area contributed by atoms with Crippen molar-refractivity contribution in [2.75, 3.05) is 30.8 Å². The van der Waals surface area contributed by atoms with Gasteiger partial charge >= 0.3 is 0 Å². The molecule has 1 aromatic heterocycles. The van der Waals surface area contributed by atoms with Crippen molar-refractivity contribution >= 4 is 32.6 Å². The van der Waals surface area contributed by atoms with Crippen LogP contribution in [-0.4, -0.2) is 45.9 Å². The van der Waals surface area contributed by atoms with Gasteiger partial charge in [-0.2, -0.15) is 0 Å². The molecule has 32 heavy (non-hydrogen) atoms. The Kier molecular flexibility index (Phi) is 5.96. The molecular weight excluding hydrogens is 435 g/mol. The summed E-state index contributed by atoms with van der Waals surface area (Å²) in [4.78, 5) is 12.8. The van der Waals surface area contributed by atoms with Crippen LogP contribution in [0, 0.1) is 5.82 Å². The third-order valence-electron chi connectivity index (χ3n) is 5.60. The number of carbonyl (C=O) groups is 1. The number of nitrogens with zero attached hydrogens (tertiary/aromatic N) is 1. The van der Waals surface area contributed by atoms with E-state index in [9.17, 15) is 22.7 Å². The van der Waals surface area contributed by atoms with Crippen molar-refractivity contribution in [1.29, 1.82) is 0 Å². The number of fused-ring (bicyclic) bond motifs is 1. The maximum Gasteiger partial charge on any atom is 0.255 e. The zero-order chi connectivity index (χ0) is 23.0. The first kappa shape index (κ1) is 22.3. The number of carbonyl (C=O) groups excluding carboxylic acids is 1. The van der Waals surface area contributed by atoms with Crippen molar-refractivity contribution in [3.05, 3.63) is 53.3 Å². The average molecular weight is 461 g/mol. The van der Waals surface area contributed by atoms with Gasteiger partial charge in [0.05, 0.1) is 17.5 Å². The zero-order valence-electron chi connectivity index (χ0n) is 17.9. The molecule has 0 unspecified atom stereocenters. The maximum atomic E-state index is 13.4. The molecule has 1 fully saturated rings. The van der Waals surface area contributed by atoms with Crippen LogP contribution in [0.3, 0.4) is 0 Å². The highest BCUT2D eigenvalue weighted by atomic mass is 32.2. The van der Waals surface area contributed by atoms with Crippen LogP contribution in [0.15, 0.2) is 40.8 Å². The Hall–Kier alpha value is -2.91. The Morgan fingerprint density at radius 3 is 2.50 bits per heavy atom. The summed E-state index contributed by atoms with van der Waals surface area (Å²) in [6, 6.07) is 9.13. The van der Waals surface area contributed by atoms with E-state index in [0.717, 1.165) is 24.7 Å². The van der Waals surface area contributed by atoms with Crippen LogP contribution >= 0.6 is 0 Å². The molecule has 0 atom stereocenters. The monoisotopic (exact) mass is 460 g/mol. The number of aliphatic hydroxyl groups is 1. The largest absolute Gasteiger partial charge is 0.455 e. The lowest BCUT2D eigenvalue weighted by molar-refractivity contribution is 0.0964. The van der Waals surface area contributed by atoms with Crippen molar-refractivity contribution in [2.45, 2.75) is 25.2 Å². The van der Waals surface area contributed by atoms with Crippen LogP contribution < -0.4 is 9.62 Å². The number of amides is 1. The smallest absolute Gasteiger partial charge is 0.255 e. The maximum absolute atomic E-state index is 13.4. The van der Waals surface area contributed by atoms with E-state index >= 15 is 0 Å². The normalized spacial score (nSPS) is 14.0. The summed E-state index contributed by atoms with van der Waals surface area (Å²) in [6.45, 7) is -0.00228. The molecular formula is C23H25FN2O5S. The van der Waals surface area contributed by atoms with Gasteiger partial charge in [-0.3, -0.25) is 9.10 Å². The first-order valence-electron chi connectivity index (χ1n) is 10.4. The van der Waals surface area contributed by atoms with E-state index in [1.54, 1.807) is 6.07 Å². The fourth-order valence-electron chi connectivity index (χ4n) is 3.92. The predicted octanol–water partition coefficient (Wildman–Crippen LogP) is 3.62. The second kappa shape index (κ2) is 8.55. The number of furan rings is 1. The molecule has 0 aliphatic heterocycles. The molecule has 1 aliphatic carbocycles. The fourth-order valence-corrected chi connectivity index (χ4v) is 4.90. The van der Waals surface area contributed by atoms with Gasteiger partial charge in [-0.15, -0.1) is 0 Å². The molecule has 0 spiro atoms. The molecule has 2 N–H and O–H groups in total. The van der Waals surface area contributed by atoms with Crippen LogP contribution in [0.25, 0.3) is 22.3 Å². The highest BCUT2D eigenvalue weighted by Crippen LogP contribution is 2.48. The molecule has 0 radical (unpaired) electrons. The number of hydrogen-bond acceptors (Lipinski definition) is 5. The van der Waals surface area contributed by atoms with Gasteiger partial charge < -0.3 is 14.8 Å². The minimum absolute atomic E-state index is 0.133. The van der Waals surface area contributed by atoms with Gasteiger partial charge in [-0.1, -0.05) is 0 Å². The first-order chi connectivity index (χ1) is 15.2. The number of sulfonamides is 1. The van der Waals surface area contributed by atoms with E-state index in [1.165, 1.54) is 35.6 Å². The minimum Gasteiger partial charge on any atom is -0.455 e. The number of anilines is 1. The van der Waals surface area contributed by atoms with Crippen LogP contribution in [0.4, 0.5) is 10.1 Å². The van der Waals surface area contributed by atoms with Gasteiger partial charge in [-0.05, 0) is 61.1 Å². The Morgan fingerprint density at radius 1 is 1.25 bits per heavy atom. The van der Waals surface area contributed by atoms with Crippen molar-refractivity contribution in [2.24, 2.45) is 0 Å². The van der Waals surface area contributed by atoms with Gasteiger partial charge in [-0.25, -0.2) is 12.8 Å². The highest BCUT2D eigenvalue weighted by Gasteiger charge is 2.33. The standard InChI is InChI=1S/C23H25FN2O5S/c1-25-23(28)21-18-12-17(14-4-5-14)19(26(10-3-11-27)32(2,29)30)13-20(18)31-22(21)15-6-8-16(24)9-7-15/h6-9,12-14,27H,3-5,10-11H2,1-2H3,(H,25,28). The highest BCUT2D eigenvalue weighted by molar-refractivity contribution is 7.92. The number of aliphatic hydroxyl groups excluding tert-OH is 1. The Balaban J connectivity index is 1.97. The predicted molar refractivity (Wildman–Crippen MR) is 121 cm³/mol. The zero-order valence-corrected chi connectivity index (χ0v) is 18.7. The SMILES string of the molecule is CNC(=O)c1c(-c2ccc(F)cc2)oc2cc(N(CCCO)S(C)(=O)=O)c(C3CC3)cc12. The van der Waals surface area contributed by atoms with Crippen LogP contribution in [0.1, 0.15) is 41.1 Å². The van der Waals surface area contributed by atoms with Crippen LogP contribution in [0.5, 0.6) is 0 Å². The number of hydrogen-bond donors (Lipinski definition) is 2. The summed E-state index contributed by atoms with van der Waals surface area (Å²) < 4.78 is 45.9.